The molecule has 41 heavy (non-hydrogen) atoms. The largest absolute Gasteiger partial charge is 0.341 e. The Morgan fingerprint density at radius 1 is 0.707 bits per heavy atom. The van der Waals surface area contributed by atoms with Gasteiger partial charge in [-0.25, -0.2) is 24.1 Å². The number of urea groups is 4. The number of carbonyl (C=O) groups excluding carboxylic acids is 8. The third-order valence-corrected chi connectivity index (χ3v) is 6.24. The Hall–Kier alpha value is -4.24. The van der Waals surface area contributed by atoms with Gasteiger partial charge in [0.1, 0.15) is 18.1 Å². The second-order valence-electron chi connectivity index (χ2n) is 9.96. The van der Waals surface area contributed by atoms with Crippen molar-refractivity contribution in [3.05, 3.63) is 0 Å². The first-order chi connectivity index (χ1) is 18.9. The first kappa shape index (κ1) is 36.8. The third-order valence-electron chi connectivity index (χ3n) is 6.24. The fourth-order valence-corrected chi connectivity index (χ4v) is 3.51. The maximum absolute atomic E-state index is 13.1. The van der Waals surface area contributed by atoms with E-state index in [1.807, 2.05) is 26.1 Å². The van der Waals surface area contributed by atoms with E-state index in [0.717, 1.165) is 16.8 Å². The van der Waals surface area contributed by atoms with Crippen molar-refractivity contribution in [1.29, 1.82) is 0 Å². The van der Waals surface area contributed by atoms with Crippen molar-refractivity contribution >= 4 is 47.8 Å². The molecule has 0 aromatic heterocycles. The van der Waals surface area contributed by atoms with Crippen molar-refractivity contribution in [3.8, 4) is 0 Å². The van der Waals surface area contributed by atoms with Gasteiger partial charge in [0.05, 0.1) is 0 Å². The van der Waals surface area contributed by atoms with E-state index in [-0.39, 0.29) is 24.7 Å². The summed E-state index contributed by atoms with van der Waals surface area (Å²) >= 11 is 0. The van der Waals surface area contributed by atoms with Gasteiger partial charge >= 0.3 is 24.1 Å². The molecule has 0 spiro atoms. The zero-order valence-electron chi connectivity index (χ0n) is 25.5. The van der Waals surface area contributed by atoms with Crippen molar-refractivity contribution in [2.45, 2.75) is 72.0 Å². The molecule has 0 aliphatic rings. The molecule has 0 aliphatic heterocycles. The van der Waals surface area contributed by atoms with Gasteiger partial charge in [0.2, 0.25) is 11.8 Å². The highest BCUT2D eigenvalue weighted by molar-refractivity contribution is 6.07. The molecule has 0 aliphatic carbocycles. The summed E-state index contributed by atoms with van der Waals surface area (Å²) in [4.78, 5) is 103. The number of hydrogen-bond donors (Lipinski definition) is 4. The van der Waals surface area contributed by atoms with E-state index in [1.54, 1.807) is 0 Å². The highest BCUT2D eigenvalue weighted by Crippen LogP contribution is 2.14. The lowest BCUT2D eigenvalue weighted by atomic mass is 10.0. The third kappa shape index (κ3) is 11.0. The minimum absolute atomic E-state index is 0.0669. The molecule has 0 saturated carbocycles. The maximum Gasteiger partial charge on any atom is 0.333 e. The number of imide groups is 4. The van der Waals surface area contributed by atoms with Gasteiger partial charge < -0.3 is 20.4 Å². The molecule has 0 aromatic carbocycles. The van der Waals surface area contributed by atoms with Crippen LogP contribution < -0.4 is 21.3 Å². The Morgan fingerprint density at radius 2 is 1.24 bits per heavy atom. The lowest BCUT2D eigenvalue weighted by molar-refractivity contribution is -0.147. The van der Waals surface area contributed by atoms with Crippen molar-refractivity contribution in [1.82, 2.24) is 40.9 Å². The minimum atomic E-state index is -1.22. The van der Waals surface area contributed by atoms with E-state index in [4.69, 9.17) is 0 Å². The lowest BCUT2D eigenvalue weighted by Gasteiger charge is -2.33. The summed E-state index contributed by atoms with van der Waals surface area (Å²) in [6.07, 6.45) is 1.04. The normalized spacial score (nSPS) is 12.7. The van der Waals surface area contributed by atoms with E-state index in [1.165, 1.54) is 46.9 Å². The lowest BCUT2D eigenvalue weighted by Crippen LogP contribution is -2.58. The molecule has 0 radical (unpaired) electrons. The zero-order chi connectivity index (χ0) is 32.2. The highest BCUT2D eigenvalue weighted by Gasteiger charge is 2.34. The molecule has 4 N–H and O–H groups in total. The fraction of sp³-hybridized carbons (Fsp3) is 0.680. The van der Waals surface area contributed by atoms with Crippen molar-refractivity contribution in [2.75, 3.05) is 35.2 Å². The summed E-state index contributed by atoms with van der Waals surface area (Å²) < 4.78 is 0. The molecule has 0 bridgehead atoms. The Labute approximate surface area is 240 Å². The predicted octanol–water partition coefficient (Wildman–Crippen LogP) is 0.280. The summed E-state index contributed by atoms with van der Waals surface area (Å²) in [6.45, 7) is 8.29. The Balaban J connectivity index is 5.37. The van der Waals surface area contributed by atoms with Crippen LogP contribution in [0.5, 0.6) is 0 Å². The van der Waals surface area contributed by atoms with E-state index >= 15 is 0 Å². The number of nitrogens with zero attached hydrogens (tertiary/aromatic N) is 4. The van der Waals surface area contributed by atoms with Crippen molar-refractivity contribution in [3.63, 3.8) is 0 Å². The van der Waals surface area contributed by atoms with Crippen LogP contribution in [0.1, 0.15) is 53.9 Å². The van der Waals surface area contributed by atoms with Crippen LogP contribution in [-0.2, 0) is 19.2 Å². The SMILES string of the molecule is CCCC(=O)N(C)[C@H](C)C(=O)N(C)[C@@H](CC(C)C)C(=O)NC(=O)N(C)C(=O)NC(=O)N[C@@H](C)C(=O)N(C)C(=O)NC. The highest BCUT2D eigenvalue weighted by atomic mass is 16.2. The number of rotatable bonds is 10. The second kappa shape index (κ2) is 16.8. The van der Waals surface area contributed by atoms with Gasteiger partial charge in [0.15, 0.2) is 0 Å². The fourth-order valence-electron chi connectivity index (χ4n) is 3.51. The van der Waals surface area contributed by atoms with E-state index in [9.17, 15) is 38.4 Å². The van der Waals surface area contributed by atoms with Gasteiger partial charge in [-0.3, -0.25) is 34.7 Å². The van der Waals surface area contributed by atoms with Gasteiger partial charge in [-0.15, -0.1) is 0 Å². The van der Waals surface area contributed by atoms with Crippen LogP contribution in [0.4, 0.5) is 19.2 Å². The quantitative estimate of drug-likeness (QED) is 0.281. The van der Waals surface area contributed by atoms with Crippen LogP contribution in [0, 0.1) is 5.92 Å². The van der Waals surface area contributed by atoms with Gasteiger partial charge in [0.25, 0.3) is 11.8 Å². The van der Waals surface area contributed by atoms with Crippen molar-refractivity contribution < 1.29 is 38.4 Å². The number of hydrogen-bond acceptors (Lipinski definition) is 8. The molecule has 12 amide bonds. The topological polar surface area (TPSA) is 198 Å². The van der Waals surface area contributed by atoms with Crippen LogP contribution in [0.25, 0.3) is 0 Å². The average molecular weight is 585 g/mol. The molecule has 0 aromatic rings. The van der Waals surface area contributed by atoms with Gasteiger partial charge in [-0.1, -0.05) is 20.8 Å². The Morgan fingerprint density at radius 3 is 1.73 bits per heavy atom. The molecule has 3 atom stereocenters. The van der Waals surface area contributed by atoms with Crippen LogP contribution in [0.2, 0.25) is 0 Å². The van der Waals surface area contributed by atoms with Gasteiger partial charge in [0, 0.05) is 41.7 Å². The van der Waals surface area contributed by atoms with Crippen LogP contribution in [-0.4, -0.2) is 121 Å². The molecule has 16 heteroatoms. The summed E-state index contributed by atoms with van der Waals surface area (Å²) in [6, 6.07) is -7.42. The summed E-state index contributed by atoms with van der Waals surface area (Å²) in [5.74, 6) is -2.44. The molecular weight excluding hydrogens is 540 g/mol. The number of nitrogens with one attached hydrogen (secondary N) is 4. The maximum atomic E-state index is 13.1. The molecule has 0 rings (SSSR count). The van der Waals surface area contributed by atoms with E-state index in [2.05, 4.69) is 16.0 Å². The molecule has 0 saturated heterocycles. The van der Waals surface area contributed by atoms with Crippen LogP contribution in [0.15, 0.2) is 0 Å². The number of likely N-dealkylation sites (N-methyl/N-ethyl adjacent to an activating group) is 3. The van der Waals surface area contributed by atoms with Crippen molar-refractivity contribution in [2.24, 2.45) is 5.92 Å². The predicted molar refractivity (Wildman–Crippen MR) is 148 cm³/mol. The van der Waals surface area contributed by atoms with Gasteiger partial charge in [-0.2, -0.15) is 0 Å². The van der Waals surface area contributed by atoms with Gasteiger partial charge in [-0.05, 0) is 32.6 Å². The Kier molecular flexibility index (Phi) is 15.0. The molecule has 0 unspecified atom stereocenters. The summed E-state index contributed by atoms with van der Waals surface area (Å²) in [5, 5.41) is 8.31. The van der Waals surface area contributed by atoms with Crippen LogP contribution in [0.3, 0.4) is 0 Å². The zero-order valence-corrected chi connectivity index (χ0v) is 25.5. The monoisotopic (exact) mass is 584 g/mol. The summed E-state index contributed by atoms with van der Waals surface area (Å²) in [7, 11) is 6.40. The number of carbonyl (C=O) groups is 8. The smallest absolute Gasteiger partial charge is 0.333 e. The average Bonchev–Trinajstić information content (AvgIpc) is 2.91. The standard InChI is InChI=1S/C25H44N8O8/c1-11-12-18(34)30(7)16(5)21(37)31(8)17(13-14(2)3)19(35)28-24(40)33(10)25(41)29-22(38)27-15(4)20(36)32(9)23(39)26-6/h14-17H,11-13H2,1-10H3,(H,26,39)(H,28,35,40)(H2,27,29,38,41)/t15-,16+,17-/m0/s1. The molecule has 232 valence electrons. The first-order valence-electron chi connectivity index (χ1n) is 13.1. The number of amides is 12. The van der Waals surface area contributed by atoms with Crippen LogP contribution >= 0.6 is 0 Å². The Bertz CT molecular complexity index is 1020. The van der Waals surface area contributed by atoms with E-state index < -0.39 is 60.0 Å². The molecule has 0 heterocycles. The first-order valence-corrected chi connectivity index (χ1v) is 13.1. The van der Waals surface area contributed by atoms with E-state index in [0.29, 0.717) is 11.3 Å². The molecule has 0 fully saturated rings. The molecular formula is C25H44N8O8. The molecule has 16 nitrogen and oxygen atoms in total. The summed E-state index contributed by atoms with van der Waals surface area (Å²) in [5.41, 5.74) is 0. The second-order valence-corrected chi connectivity index (χ2v) is 9.96. The minimum Gasteiger partial charge on any atom is -0.341 e.